The van der Waals surface area contributed by atoms with Crippen LogP contribution in [-0.4, -0.2) is 21.0 Å². The predicted molar refractivity (Wildman–Crippen MR) is 105 cm³/mol. The number of hydrogen-bond acceptors (Lipinski definition) is 3. The van der Waals surface area contributed by atoms with Crippen LogP contribution in [-0.2, 0) is 17.6 Å². The number of carboxylic acids is 1. The van der Waals surface area contributed by atoms with Crippen molar-refractivity contribution < 1.29 is 9.90 Å². The standard InChI is InChI=1S/C22H28N2O2/c1-2-3-4-5-6-8-13-19-16-23-21(24-17-19)20(22(25)26)15-14-18-11-9-7-10-12-18/h7,9-12,15-17H,2-6,8,13-14H2,1H3,(H,25,26)/b20-15+. The lowest BCUT2D eigenvalue weighted by molar-refractivity contribution is -0.130. The number of rotatable bonds is 11. The number of aryl methyl sites for hydroxylation is 1. The quantitative estimate of drug-likeness (QED) is 0.452. The summed E-state index contributed by atoms with van der Waals surface area (Å²) in [5.74, 6) is -0.718. The lowest BCUT2D eigenvalue weighted by atomic mass is 10.1. The molecular weight excluding hydrogens is 324 g/mol. The molecule has 138 valence electrons. The summed E-state index contributed by atoms with van der Waals surface area (Å²) in [4.78, 5) is 20.1. The minimum Gasteiger partial charge on any atom is -0.478 e. The molecule has 0 bridgehead atoms. The maximum absolute atomic E-state index is 11.6. The Balaban J connectivity index is 1.92. The van der Waals surface area contributed by atoms with Gasteiger partial charge in [0.25, 0.3) is 0 Å². The summed E-state index contributed by atoms with van der Waals surface area (Å²) in [5.41, 5.74) is 2.28. The highest BCUT2D eigenvalue weighted by atomic mass is 16.4. The topological polar surface area (TPSA) is 63.1 Å². The van der Waals surface area contributed by atoms with Gasteiger partial charge < -0.3 is 5.11 Å². The molecule has 1 aromatic carbocycles. The van der Waals surface area contributed by atoms with E-state index in [1.165, 1.54) is 32.1 Å². The first-order valence-corrected chi connectivity index (χ1v) is 9.49. The van der Waals surface area contributed by atoms with E-state index in [4.69, 9.17) is 0 Å². The fraction of sp³-hybridized carbons (Fsp3) is 0.409. The molecule has 1 heterocycles. The van der Waals surface area contributed by atoms with E-state index in [9.17, 15) is 9.90 Å². The van der Waals surface area contributed by atoms with Crippen molar-refractivity contribution in [2.45, 2.75) is 58.3 Å². The van der Waals surface area contributed by atoms with Crippen LogP contribution in [0.2, 0.25) is 0 Å². The first-order chi connectivity index (χ1) is 12.7. The first kappa shape index (κ1) is 19.8. The van der Waals surface area contributed by atoms with Crippen molar-refractivity contribution in [1.82, 2.24) is 9.97 Å². The molecule has 4 nitrogen and oxygen atoms in total. The number of carboxylic acid groups (broad SMARTS) is 1. The third kappa shape index (κ3) is 6.79. The molecule has 0 atom stereocenters. The van der Waals surface area contributed by atoms with Gasteiger partial charge in [-0.3, -0.25) is 0 Å². The number of allylic oxidation sites excluding steroid dienone is 1. The smallest absolute Gasteiger partial charge is 0.339 e. The zero-order valence-corrected chi connectivity index (χ0v) is 15.5. The molecule has 26 heavy (non-hydrogen) atoms. The molecular formula is C22H28N2O2. The van der Waals surface area contributed by atoms with Gasteiger partial charge in [-0.05, 0) is 30.4 Å². The van der Waals surface area contributed by atoms with Crippen molar-refractivity contribution >= 4 is 11.5 Å². The van der Waals surface area contributed by atoms with E-state index in [1.54, 1.807) is 18.5 Å². The van der Waals surface area contributed by atoms with Crippen molar-refractivity contribution in [3.8, 4) is 0 Å². The highest BCUT2D eigenvalue weighted by molar-refractivity contribution is 6.14. The zero-order valence-electron chi connectivity index (χ0n) is 15.5. The van der Waals surface area contributed by atoms with E-state index < -0.39 is 5.97 Å². The summed E-state index contributed by atoms with van der Waals surface area (Å²) < 4.78 is 0. The molecule has 2 aromatic rings. The summed E-state index contributed by atoms with van der Waals surface area (Å²) in [6.45, 7) is 2.22. The van der Waals surface area contributed by atoms with Gasteiger partial charge in [0.2, 0.25) is 0 Å². The van der Waals surface area contributed by atoms with Gasteiger partial charge in [0.05, 0.1) is 0 Å². The largest absolute Gasteiger partial charge is 0.478 e. The molecule has 0 aliphatic heterocycles. The van der Waals surface area contributed by atoms with Crippen LogP contribution in [0.4, 0.5) is 0 Å². The molecule has 0 spiro atoms. The Labute approximate surface area is 156 Å². The highest BCUT2D eigenvalue weighted by Crippen LogP contribution is 2.14. The molecule has 1 N–H and O–H groups in total. The number of carbonyl (C=O) groups is 1. The summed E-state index contributed by atoms with van der Waals surface area (Å²) in [6.07, 6.45) is 14.2. The van der Waals surface area contributed by atoms with Crippen LogP contribution in [0.3, 0.4) is 0 Å². The number of hydrogen-bond donors (Lipinski definition) is 1. The van der Waals surface area contributed by atoms with Gasteiger partial charge in [-0.1, -0.05) is 75.4 Å². The number of benzene rings is 1. The van der Waals surface area contributed by atoms with Crippen LogP contribution in [0.15, 0.2) is 48.8 Å². The maximum Gasteiger partial charge on any atom is 0.339 e. The van der Waals surface area contributed by atoms with Crippen molar-refractivity contribution in [2.75, 3.05) is 0 Å². The van der Waals surface area contributed by atoms with E-state index in [1.807, 2.05) is 30.3 Å². The second-order valence-electron chi connectivity index (χ2n) is 6.55. The Kier molecular flexibility index (Phi) is 8.53. The molecule has 0 fully saturated rings. The van der Waals surface area contributed by atoms with Crippen molar-refractivity contribution in [2.24, 2.45) is 0 Å². The zero-order chi connectivity index (χ0) is 18.6. The van der Waals surface area contributed by atoms with E-state index in [-0.39, 0.29) is 11.4 Å². The monoisotopic (exact) mass is 352 g/mol. The average Bonchev–Trinajstić information content (AvgIpc) is 2.66. The molecule has 0 amide bonds. The fourth-order valence-electron chi connectivity index (χ4n) is 2.84. The highest BCUT2D eigenvalue weighted by Gasteiger charge is 2.13. The minimum absolute atomic E-state index is 0.153. The van der Waals surface area contributed by atoms with Crippen LogP contribution in [0.5, 0.6) is 0 Å². The van der Waals surface area contributed by atoms with Gasteiger partial charge in [0, 0.05) is 12.4 Å². The average molecular weight is 352 g/mol. The van der Waals surface area contributed by atoms with Crippen LogP contribution < -0.4 is 0 Å². The summed E-state index contributed by atoms with van der Waals surface area (Å²) in [7, 11) is 0. The first-order valence-electron chi connectivity index (χ1n) is 9.49. The van der Waals surface area contributed by atoms with Gasteiger partial charge in [-0.25, -0.2) is 14.8 Å². The van der Waals surface area contributed by atoms with Crippen molar-refractivity contribution in [3.05, 3.63) is 65.8 Å². The molecule has 0 saturated carbocycles. The maximum atomic E-state index is 11.6. The third-order valence-corrected chi connectivity index (χ3v) is 4.38. The molecule has 0 saturated heterocycles. The number of aliphatic carboxylic acids is 1. The van der Waals surface area contributed by atoms with Gasteiger partial charge >= 0.3 is 5.97 Å². The molecule has 0 radical (unpaired) electrons. The molecule has 4 heteroatoms. The second kappa shape index (κ2) is 11.2. The number of nitrogens with zero attached hydrogens (tertiary/aromatic N) is 2. The van der Waals surface area contributed by atoms with Gasteiger partial charge in [-0.2, -0.15) is 0 Å². The number of unbranched alkanes of at least 4 members (excludes halogenated alkanes) is 5. The molecule has 0 aliphatic carbocycles. The van der Waals surface area contributed by atoms with E-state index in [2.05, 4.69) is 16.9 Å². The molecule has 2 rings (SSSR count). The van der Waals surface area contributed by atoms with Gasteiger partial charge in [-0.15, -0.1) is 0 Å². The number of aromatic nitrogens is 2. The second-order valence-corrected chi connectivity index (χ2v) is 6.55. The molecule has 0 unspecified atom stereocenters. The normalized spacial score (nSPS) is 11.5. The molecule has 0 aliphatic rings. The Bertz CT molecular complexity index is 694. The van der Waals surface area contributed by atoms with Crippen LogP contribution in [0, 0.1) is 0 Å². The third-order valence-electron chi connectivity index (χ3n) is 4.38. The summed E-state index contributed by atoms with van der Waals surface area (Å²) >= 11 is 0. The van der Waals surface area contributed by atoms with Gasteiger partial charge in [0.15, 0.2) is 5.82 Å². The van der Waals surface area contributed by atoms with Crippen LogP contribution in [0.1, 0.15) is 62.4 Å². The van der Waals surface area contributed by atoms with Crippen LogP contribution in [0.25, 0.3) is 5.57 Å². The van der Waals surface area contributed by atoms with Gasteiger partial charge in [0.1, 0.15) is 5.57 Å². The Hall–Kier alpha value is -2.49. The summed E-state index contributed by atoms with van der Waals surface area (Å²) in [6, 6.07) is 9.77. The lowest BCUT2D eigenvalue weighted by Gasteiger charge is -2.05. The SMILES string of the molecule is CCCCCCCCc1cnc(/C(=C\Cc2ccccc2)C(=O)O)nc1. The van der Waals surface area contributed by atoms with Crippen molar-refractivity contribution in [1.29, 1.82) is 0 Å². The van der Waals surface area contributed by atoms with E-state index in [0.717, 1.165) is 24.0 Å². The van der Waals surface area contributed by atoms with E-state index >= 15 is 0 Å². The van der Waals surface area contributed by atoms with Crippen molar-refractivity contribution in [3.63, 3.8) is 0 Å². The van der Waals surface area contributed by atoms with Crippen LogP contribution >= 0.6 is 0 Å². The minimum atomic E-state index is -0.996. The Morgan fingerprint density at radius 1 is 0.962 bits per heavy atom. The van der Waals surface area contributed by atoms with E-state index in [0.29, 0.717) is 6.42 Å². The molecule has 1 aromatic heterocycles. The lowest BCUT2D eigenvalue weighted by Crippen LogP contribution is -2.05. The Morgan fingerprint density at radius 2 is 1.62 bits per heavy atom. The fourth-order valence-corrected chi connectivity index (χ4v) is 2.84. The summed E-state index contributed by atoms with van der Waals surface area (Å²) in [5, 5.41) is 9.47. The Morgan fingerprint density at radius 3 is 2.27 bits per heavy atom. The predicted octanol–water partition coefficient (Wildman–Crippen LogP) is 5.09.